The maximum absolute atomic E-state index is 12.6. The molecule has 5 nitrogen and oxygen atoms in total. The number of hydrogen-bond donors (Lipinski definition) is 1. The summed E-state index contributed by atoms with van der Waals surface area (Å²) in [7, 11) is 0. The van der Waals surface area contributed by atoms with E-state index in [1.54, 1.807) is 18.3 Å². The number of hydrogen-bond acceptors (Lipinski definition) is 5. The van der Waals surface area contributed by atoms with Crippen molar-refractivity contribution in [2.45, 2.75) is 33.1 Å². The number of anilines is 1. The Morgan fingerprint density at radius 3 is 3.17 bits per heavy atom. The molecule has 0 aliphatic heterocycles. The molecular weight excluding hydrogens is 322 g/mol. The van der Waals surface area contributed by atoms with Crippen LogP contribution in [0, 0.1) is 17.2 Å². The van der Waals surface area contributed by atoms with Crippen LogP contribution < -0.4 is 10.1 Å². The van der Waals surface area contributed by atoms with Gasteiger partial charge in [0.05, 0.1) is 12.2 Å². The first-order valence-corrected chi connectivity index (χ1v) is 8.89. The van der Waals surface area contributed by atoms with Crippen molar-refractivity contribution in [3.63, 3.8) is 0 Å². The molecule has 1 aliphatic carbocycles. The Labute approximate surface area is 145 Å². The van der Waals surface area contributed by atoms with Crippen molar-refractivity contribution < 1.29 is 9.53 Å². The quantitative estimate of drug-likeness (QED) is 0.918. The highest BCUT2D eigenvalue weighted by molar-refractivity contribution is 7.16. The third-order valence-electron chi connectivity index (χ3n) is 4.15. The number of aromatic nitrogens is 1. The van der Waals surface area contributed by atoms with Crippen molar-refractivity contribution in [2.24, 2.45) is 5.92 Å². The number of carbonyl (C=O) groups is 1. The first-order chi connectivity index (χ1) is 11.6. The fourth-order valence-electron chi connectivity index (χ4n) is 2.94. The van der Waals surface area contributed by atoms with Gasteiger partial charge in [-0.05, 0) is 49.8 Å². The van der Waals surface area contributed by atoms with Crippen molar-refractivity contribution in [3.8, 4) is 11.9 Å². The third-order valence-corrected chi connectivity index (χ3v) is 5.32. The zero-order valence-electron chi connectivity index (χ0n) is 13.8. The fraction of sp³-hybridized carbons (Fsp3) is 0.389. The van der Waals surface area contributed by atoms with Crippen LogP contribution in [0.15, 0.2) is 18.3 Å². The molecule has 2 aromatic rings. The topological polar surface area (TPSA) is 75.0 Å². The van der Waals surface area contributed by atoms with Crippen LogP contribution in [-0.4, -0.2) is 17.5 Å². The predicted molar refractivity (Wildman–Crippen MR) is 93.6 cm³/mol. The Kier molecular flexibility index (Phi) is 4.81. The molecule has 0 saturated heterocycles. The number of ether oxygens (including phenoxy) is 1. The second kappa shape index (κ2) is 7.02. The number of nitrogens with zero attached hydrogens (tertiary/aromatic N) is 2. The van der Waals surface area contributed by atoms with Crippen LogP contribution in [0.25, 0.3) is 0 Å². The standard InChI is InChI=1S/C18H19N3O2S/c1-3-23-17-13(5-4-8-20-17)16(22)21-18-14(10-19)12-7-6-11(2)9-15(12)24-18/h4-5,8,11H,3,6-7,9H2,1-2H3,(H,21,22). The van der Waals surface area contributed by atoms with Crippen LogP contribution in [0.4, 0.5) is 5.00 Å². The lowest BCUT2D eigenvalue weighted by Crippen LogP contribution is -2.14. The van der Waals surface area contributed by atoms with Gasteiger partial charge >= 0.3 is 0 Å². The first-order valence-electron chi connectivity index (χ1n) is 8.07. The smallest absolute Gasteiger partial charge is 0.261 e. The van der Waals surface area contributed by atoms with E-state index in [2.05, 4.69) is 23.3 Å². The second-order valence-electron chi connectivity index (χ2n) is 5.91. The van der Waals surface area contributed by atoms with Gasteiger partial charge in [-0.1, -0.05) is 6.92 Å². The molecule has 124 valence electrons. The van der Waals surface area contributed by atoms with Gasteiger partial charge in [0.2, 0.25) is 5.88 Å². The maximum atomic E-state index is 12.6. The number of amides is 1. The number of carbonyl (C=O) groups excluding carboxylic acids is 1. The van der Waals surface area contributed by atoms with Gasteiger partial charge in [-0.2, -0.15) is 5.26 Å². The molecule has 2 aromatic heterocycles. The van der Waals surface area contributed by atoms with Crippen LogP contribution in [0.2, 0.25) is 0 Å². The molecule has 1 aliphatic rings. The number of thiophene rings is 1. The van der Waals surface area contributed by atoms with Gasteiger partial charge in [-0.3, -0.25) is 4.79 Å². The highest BCUT2D eigenvalue weighted by atomic mass is 32.1. The summed E-state index contributed by atoms with van der Waals surface area (Å²) in [5, 5.41) is 13.0. The lowest BCUT2D eigenvalue weighted by Gasteiger charge is -2.17. The van der Waals surface area contributed by atoms with Crippen LogP contribution >= 0.6 is 11.3 Å². The van der Waals surface area contributed by atoms with E-state index in [9.17, 15) is 10.1 Å². The Hall–Kier alpha value is -2.39. The molecule has 0 saturated carbocycles. The van der Waals surface area contributed by atoms with Crippen LogP contribution in [0.5, 0.6) is 5.88 Å². The minimum absolute atomic E-state index is 0.297. The SMILES string of the molecule is CCOc1ncccc1C(=O)Nc1sc2c(c1C#N)CCC(C)C2. The number of nitrogens with one attached hydrogen (secondary N) is 1. The summed E-state index contributed by atoms with van der Waals surface area (Å²) in [6.07, 6.45) is 4.56. The molecule has 0 radical (unpaired) electrons. The van der Waals surface area contributed by atoms with Crippen molar-refractivity contribution >= 4 is 22.2 Å². The molecular formula is C18H19N3O2S. The molecule has 1 unspecified atom stereocenters. The summed E-state index contributed by atoms with van der Waals surface area (Å²) < 4.78 is 5.41. The number of rotatable bonds is 4. The zero-order valence-corrected chi connectivity index (χ0v) is 14.6. The van der Waals surface area contributed by atoms with Gasteiger partial charge < -0.3 is 10.1 Å². The van der Waals surface area contributed by atoms with E-state index >= 15 is 0 Å². The minimum Gasteiger partial charge on any atom is -0.477 e. The Morgan fingerprint density at radius 2 is 2.42 bits per heavy atom. The van der Waals surface area contributed by atoms with E-state index in [1.165, 1.54) is 16.2 Å². The highest BCUT2D eigenvalue weighted by Gasteiger charge is 2.25. The van der Waals surface area contributed by atoms with Crippen molar-refractivity contribution in [3.05, 3.63) is 39.9 Å². The van der Waals surface area contributed by atoms with Crippen LogP contribution in [-0.2, 0) is 12.8 Å². The van der Waals surface area contributed by atoms with Gasteiger partial charge in [-0.25, -0.2) is 4.98 Å². The van der Waals surface area contributed by atoms with Crippen molar-refractivity contribution in [1.82, 2.24) is 4.98 Å². The molecule has 0 bridgehead atoms. The van der Waals surface area contributed by atoms with Gasteiger partial charge in [0.15, 0.2) is 0 Å². The summed E-state index contributed by atoms with van der Waals surface area (Å²) in [4.78, 5) is 17.9. The van der Waals surface area contributed by atoms with Crippen molar-refractivity contribution in [1.29, 1.82) is 5.26 Å². The summed E-state index contributed by atoms with van der Waals surface area (Å²) in [6, 6.07) is 5.64. The first kappa shape index (κ1) is 16.5. The molecule has 24 heavy (non-hydrogen) atoms. The Morgan fingerprint density at radius 1 is 1.58 bits per heavy atom. The number of fused-ring (bicyclic) bond motifs is 1. The summed E-state index contributed by atoms with van der Waals surface area (Å²) in [6.45, 7) is 4.50. The van der Waals surface area contributed by atoms with E-state index in [4.69, 9.17) is 4.74 Å². The molecule has 2 heterocycles. The average Bonchev–Trinajstić information content (AvgIpc) is 2.91. The van der Waals surface area contributed by atoms with Crippen molar-refractivity contribution in [2.75, 3.05) is 11.9 Å². The minimum atomic E-state index is -0.297. The lowest BCUT2D eigenvalue weighted by molar-refractivity contribution is 0.102. The number of nitriles is 1. The van der Waals surface area contributed by atoms with Gasteiger partial charge in [0, 0.05) is 11.1 Å². The Bertz CT molecular complexity index is 807. The van der Waals surface area contributed by atoms with E-state index in [0.717, 1.165) is 24.8 Å². The largest absolute Gasteiger partial charge is 0.477 e. The molecule has 6 heteroatoms. The monoisotopic (exact) mass is 341 g/mol. The van der Waals surface area contributed by atoms with E-state index in [0.29, 0.717) is 34.5 Å². The summed E-state index contributed by atoms with van der Waals surface area (Å²) >= 11 is 1.52. The van der Waals surface area contributed by atoms with Gasteiger partial charge in [-0.15, -0.1) is 11.3 Å². The van der Waals surface area contributed by atoms with E-state index < -0.39 is 0 Å². The normalized spacial score (nSPS) is 16.1. The Balaban J connectivity index is 1.89. The summed E-state index contributed by atoms with van der Waals surface area (Å²) in [5.41, 5.74) is 2.09. The van der Waals surface area contributed by atoms with Crippen LogP contribution in [0.1, 0.15) is 46.6 Å². The zero-order chi connectivity index (χ0) is 17.1. The number of pyridine rings is 1. The van der Waals surface area contributed by atoms with Gasteiger partial charge in [0.1, 0.15) is 16.6 Å². The van der Waals surface area contributed by atoms with Crippen LogP contribution in [0.3, 0.4) is 0 Å². The summed E-state index contributed by atoms with van der Waals surface area (Å²) in [5.74, 6) is 0.634. The average molecular weight is 341 g/mol. The molecule has 0 spiro atoms. The molecule has 3 rings (SSSR count). The second-order valence-corrected chi connectivity index (χ2v) is 7.02. The molecule has 0 fully saturated rings. The molecule has 1 atom stereocenters. The van der Waals surface area contributed by atoms with E-state index in [-0.39, 0.29) is 5.91 Å². The van der Waals surface area contributed by atoms with E-state index in [1.807, 2.05) is 6.92 Å². The molecule has 0 aromatic carbocycles. The predicted octanol–water partition coefficient (Wildman–Crippen LogP) is 3.79. The molecule has 1 amide bonds. The van der Waals surface area contributed by atoms with Gasteiger partial charge in [0.25, 0.3) is 5.91 Å². The molecule has 1 N–H and O–H groups in total. The third kappa shape index (κ3) is 3.13. The maximum Gasteiger partial charge on any atom is 0.261 e. The lowest BCUT2D eigenvalue weighted by atomic mass is 9.88. The highest BCUT2D eigenvalue weighted by Crippen LogP contribution is 2.39. The fourth-order valence-corrected chi connectivity index (χ4v) is 4.30.